The highest BCUT2D eigenvalue weighted by Gasteiger charge is 2.43. The third-order valence-electron chi connectivity index (χ3n) is 1.90. The van der Waals surface area contributed by atoms with Crippen LogP contribution >= 0.6 is 0 Å². The summed E-state index contributed by atoms with van der Waals surface area (Å²) < 4.78 is 11.0. The molecule has 0 aliphatic heterocycles. The molecule has 1 atom stereocenters. The molecule has 0 radical (unpaired) electrons. The van der Waals surface area contributed by atoms with Crippen LogP contribution in [0.3, 0.4) is 0 Å². The van der Waals surface area contributed by atoms with E-state index < -0.39 is 8.56 Å². The molecular formula is C10H20O3Si. The Morgan fingerprint density at radius 3 is 2.43 bits per heavy atom. The molecule has 0 aliphatic rings. The lowest BCUT2D eigenvalue weighted by Gasteiger charge is -2.28. The number of carbonyl (C=O) groups is 1. The summed E-state index contributed by atoms with van der Waals surface area (Å²) >= 11 is 0. The summed E-state index contributed by atoms with van der Waals surface area (Å²) in [4.78, 5) is 11.7. The number of allylic oxidation sites excluding steroid dienone is 1. The Bertz CT molecular complexity index is 204. The average Bonchev–Trinajstić information content (AvgIpc) is 2.15. The molecule has 0 saturated heterocycles. The van der Waals surface area contributed by atoms with Crippen molar-refractivity contribution < 1.29 is 13.6 Å². The molecule has 0 bridgehead atoms. The Balaban J connectivity index is 4.76. The first kappa shape index (κ1) is 13.5. The number of hydrogen-bond donors (Lipinski definition) is 0. The van der Waals surface area contributed by atoms with Crippen LogP contribution in [0.1, 0.15) is 27.2 Å². The molecular weight excluding hydrogens is 196 g/mol. The van der Waals surface area contributed by atoms with E-state index in [0.29, 0.717) is 6.04 Å². The van der Waals surface area contributed by atoms with Gasteiger partial charge in [0.25, 0.3) is 0 Å². The minimum absolute atomic E-state index is 0.0112. The Kier molecular flexibility index (Phi) is 5.91. The van der Waals surface area contributed by atoms with E-state index in [9.17, 15) is 4.79 Å². The van der Waals surface area contributed by atoms with Crippen LogP contribution in [0.15, 0.2) is 12.7 Å². The third-order valence-corrected chi connectivity index (χ3v) is 5.52. The van der Waals surface area contributed by atoms with E-state index in [4.69, 9.17) is 8.85 Å². The van der Waals surface area contributed by atoms with Gasteiger partial charge in [-0.05, 0) is 26.0 Å². The van der Waals surface area contributed by atoms with Gasteiger partial charge in [0.15, 0.2) is 5.41 Å². The van der Waals surface area contributed by atoms with E-state index >= 15 is 0 Å². The van der Waals surface area contributed by atoms with E-state index in [2.05, 4.69) is 6.58 Å². The second-order valence-corrected chi connectivity index (χ2v) is 6.58. The molecule has 0 aromatic heterocycles. The molecule has 14 heavy (non-hydrogen) atoms. The number of rotatable bonds is 7. The molecule has 0 N–H and O–H groups in total. The van der Waals surface area contributed by atoms with Gasteiger partial charge in [-0.25, -0.2) is 0 Å². The number of carbonyl (C=O) groups excluding carboxylic acids is 1. The van der Waals surface area contributed by atoms with Gasteiger partial charge in [0.05, 0.1) is 0 Å². The zero-order chi connectivity index (χ0) is 11.2. The molecule has 0 aromatic carbocycles. The van der Waals surface area contributed by atoms with Crippen LogP contribution in [0.2, 0.25) is 6.04 Å². The second kappa shape index (κ2) is 6.11. The first-order valence-corrected chi connectivity index (χ1v) is 6.94. The maximum absolute atomic E-state index is 11.7. The molecule has 4 heteroatoms. The van der Waals surface area contributed by atoms with Gasteiger partial charge >= 0.3 is 8.56 Å². The van der Waals surface area contributed by atoms with Crippen molar-refractivity contribution in [3.05, 3.63) is 12.7 Å². The molecule has 0 aliphatic carbocycles. The van der Waals surface area contributed by atoms with Crippen molar-refractivity contribution in [1.82, 2.24) is 0 Å². The van der Waals surface area contributed by atoms with Gasteiger partial charge in [-0.15, -0.1) is 0 Å². The summed E-state index contributed by atoms with van der Waals surface area (Å²) in [7, 11) is -1.15. The zero-order valence-electron chi connectivity index (χ0n) is 9.50. The Morgan fingerprint density at radius 1 is 1.57 bits per heavy atom. The monoisotopic (exact) mass is 216 g/mol. The van der Waals surface area contributed by atoms with E-state index in [0.717, 1.165) is 6.42 Å². The Labute approximate surface area is 87.4 Å². The highest BCUT2D eigenvalue weighted by molar-refractivity contribution is 6.98. The predicted molar refractivity (Wildman–Crippen MR) is 59.3 cm³/mol. The Morgan fingerprint density at radius 2 is 2.14 bits per heavy atom. The largest absolute Gasteiger partial charge is 0.415 e. The van der Waals surface area contributed by atoms with Crippen LogP contribution in [0.5, 0.6) is 0 Å². The fraction of sp³-hybridized carbons (Fsp3) is 0.700. The molecule has 0 saturated carbocycles. The van der Waals surface area contributed by atoms with E-state index in [1.807, 2.05) is 20.8 Å². The van der Waals surface area contributed by atoms with Crippen molar-refractivity contribution in [3.63, 3.8) is 0 Å². The maximum Gasteiger partial charge on any atom is 0.415 e. The van der Waals surface area contributed by atoms with Crippen LogP contribution in [-0.4, -0.2) is 27.2 Å². The van der Waals surface area contributed by atoms with Crippen LogP contribution in [-0.2, 0) is 13.6 Å². The smallest absolute Gasteiger partial charge is 0.392 e. The van der Waals surface area contributed by atoms with Crippen molar-refractivity contribution in [3.8, 4) is 0 Å². The summed E-state index contributed by atoms with van der Waals surface area (Å²) in [5.41, 5.74) is 0. The van der Waals surface area contributed by atoms with Gasteiger partial charge in [-0.1, -0.05) is 19.9 Å². The van der Waals surface area contributed by atoms with Gasteiger partial charge in [-0.3, -0.25) is 4.79 Å². The van der Waals surface area contributed by atoms with Crippen LogP contribution in [0, 0.1) is 0 Å². The molecule has 0 rings (SSSR count). The van der Waals surface area contributed by atoms with Crippen molar-refractivity contribution in [1.29, 1.82) is 0 Å². The summed E-state index contributed by atoms with van der Waals surface area (Å²) in [6.45, 7) is 9.32. The summed E-state index contributed by atoms with van der Waals surface area (Å²) in [6.07, 6.45) is 2.21. The standard InChI is InChI=1S/C10H20O3Si/c1-6-8-14(12-5,10(11)7-2)13-9(3)4/h7,9H,2,6,8H2,1,3-5H3. The third kappa shape index (κ3) is 3.36. The van der Waals surface area contributed by atoms with Gasteiger partial charge < -0.3 is 8.85 Å². The fourth-order valence-electron chi connectivity index (χ4n) is 1.36. The van der Waals surface area contributed by atoms with Crippen LogP contribution in [0.4, 0.5) is 0 Å². The predicted octanol–water partition coefficient (Wildman–Crippen LogP) is 2.20. The zero-order valence-corrected chi connectivity index (χ0v) is 10.5. The Hall–Kier alpha value is -0.453. The number of hydrogen-bond acceptors (Lipinski definition) is 3. The summed E-state index contributed by atoms with van der Waals surface area (Å²) in [5.74, 6) is 0. The lowest BCUT2D eigenvalue weighted by molar-refractivity contribution is -0.112. The molecule has 0 spiro atoms. The van der Waals surface area contributed by atoms with E-state index in [1.54, 1.807) is 7.11 Å². The van der Waals surface area contributed by atoms with E-state index in [-0.39, 0.29) is 11.5 Å². The first-order valence-electron chi connectivity index (χ1n) is 4.92. The summed E-state index contributed by atoms with van der Waals surface area (Å²) in [5, 5.41) is -0.0736. The molecule has 1 unspecified atom stereocenters. The second-order valence-electron chi connectivity index (χ2n) is 3.44. The van der Waals surface area contributed by atoms with Crippen molar-refractivity contribution in [2.45, 2.75) is 39.3 Å². The van der Waals surface area contributed by atoms with Gasteiger partial charge in [0.2, 0.25) is 0 Å². The molecule has 0 fully saturated rings. The van der Waals surface area contributed by atoms with Gasteiger partial charge in [-0.2, -0.15) is 0 Å². The van der Waals surface area contributed by atoms with Crippen molar-refractivity contribution >= 4 is 14.0 Å². The molecule has 3 nitrogen and oxygen atoms in total. The first-order chi connectivity index (χ1) is 6.52. The van der Waals surface area contributed by atoms with Crippen LogP contribution < -0.4 is 0 Å². The average molecular weight is 216 g/mol. The highest BCUT2D eigenvalue weighted by Crippen LogP contribution is 2.18. The SMILES string of the molecule is C=CC(=O)[Si](CCC)(OC)OC(C)C. The maximum atomic E-state index is 11.7. The highest BCUT2D eigenvalue weighted by atomic mass is 28.4. The fourth-order valence-corrected chi connectivity index (χ4v) is 4.07. The minimum atomic E-state index is -2.69. The lowest BCUT2D eigenvalue weighted by Crippen LogP contribution is -2.50. The van der Waals surface area contributed by atoms with E-state index in [1.165, 1.54) is 6.08 Å². The minimum Gasteiger partial charge on any atom is -0.392 e. The van der Waals surface area contributed by atoms with Crippen LogP contribution in [0.25, 0.3) is 0 Å². The lowest BCUT2D eigenvalue weighted by atomic mass is 10.5. The quantitative estimate of drug-likeness (QED) is 0.483. The molecule has 0 aromatic rings. The molecule has 82 valence electrons. The van der Waals surface area contributed by atoms with Crippen molar-refractivity contribution in [2.75, 3.05) is 7.11 Å². The van der Waals surface area contributed by atoms with Crippen molar-refractivity contribution in [2.24, 2.45) is 0 Å². The normalized spacial score (nSPS) is 15.2. The van der Waals surface area contributed by atoms with Gasteiger partial charge in [0.1, 0.15) is 0 Å². The topological polar surface area (TPSA) is 35.5 Å². The molecule has 0 amide bonds. The molecule has 0 heterocycles. The van der Waals surface area contributed by atoms with Gasteiger partial charge in [0, 0.05) is 13.2 Å². The summed E-state index contributed by atoms with van der Waals surface area (Å²) in [6, 6.07) is 0.687.